The Morgan fingerprint density at radius 3 is 2.52 bits per heavy atom. The lowest BCUT2D eigenvalue weighted by molar-refractivity contribution is -0.139. The molecule has 7 heteroatoms. The summed E-state index contributed by atoms with van der Waals surface area (Å²) in [4.78, 5) is 35.8. The lowest BCUT2D eigenvalue weighted by Gasteiger charge is -2.27. The minimum atomic E-state index is -0.289. The smallest absolute Gasteiger partial charge is 0.241 e. The van der Waals surface area contributed by atoms with E-state index < -0.39 is 0 Å². The van der Waals surface area contributed by atoms with Crippen molar-refractivity contribution in [3.05, 3.63) is 59.5 Å². The molecule has 0 saturated heterocycles. The molecule has 0 N–H and O–H groups in total. The van der Waals surface area contributed by atoms with Crippen molar-refractivity contribution < 1.29 is 14.0 Å². The third-order valence-corrected chi connectivity index (χ3v) is 5.68. The molecule has 1 aromatic heterocycles. The minimum Gasteiger partial charge on any atom is -0.360 e. The van der Waals surface area contributed by atoms with Crippen LogP contribution in [0.15, 0.2) is 42.5 Å². The van der Waals surface area contributed by atoms with Gasteiger partial charge in [-0.05, 0) is 55.5 Å². The fourth-order valence-electron chi connectivity index (χ4n) is 3.69. The quantitative estimate of drug-likeness (QED) is 0.757. The van der Waals surface area contributed by atoms with Crippen molar-refractivity contribution in [2.24, 2.45) is 0 Å². The Hall–Kier alpha value is -2.96. The van der Waals surface area contributed by atoms with Crippen LogP contribution in [0, 0.1) is 5.82 Å². The zero-order chi connectivity index (χ0) is 22.2. The van der Waals surface area contributed by atoms with Crippen molar-refractivity contribution in [1.29, 1.82) is 0 Å². The SMILES string of the molecule is CN1CCCN(C)c2cccc(n2)CCCN(C(=O)CCc2ccc(F)cc2)CC1=O. The Balaban J connectivity index is 1.68. The Labute approximate surface area is 183 Å². The van der Waals surface area contributed by atoms with Crippen LogP contribution in [0.25, 0.3) is 0 Å². The van der Waals surface area contributed by atoms with Crippen LogP contribution in [0.5, 0.6) is 0 Å². The molecule has 0 spiro atoms. The number of hydrogen-bond donors (Lipinski definition) is 0. The van der Waals surface area contributed by atoms with Crippen molar-refractivity contribution in [3.63, 3.8) is 0 Å². The third-order valence-electron chi connectivity index (χ3n) is 5.68. The van der Waals surface area contributed by atoms with E-state index in [4.69, 9.17) is 4.98 Å². The van der Waals surface area contributed by atoms with E-state index >= 15 is 0 Å². The molecule has 0 aliphatic carbocycles. The molecule has 166 valence electrons. The molecule has 31 heavy (non-hydrogen) atoms. The second-order valence-electron chi connectivity index (χ2n) is 8.12. The number of amides is 2. The van der Waals surface area contributed by atoms with Gasteiger partial charge in [0, 0.05) is 45.8 Å². The number of anilines is 1. The van der Waals surface area contributed by atoms with Crippen LogP contribution in [0.2, 0.25) is 0 Å². The fourth-order valence-corrected chi connectivity index (χ4v) is 3.69. The van der Waals surface area contributed by atoms with Gasteiger partial charge in [0.1, 0.15) is 11.6 Å². The standard InChI is InChI=1S/C24H31FN4O2/c1-27-15-5-16-28(2)24(31)18-29(17-4-7-21-6-3-8-22(27)26-21)23(30)14-11-19-9-12-20(25)13-10-19/h3,6,8-10,12-13H,4-5,7,11,14-18H2,1-2H3. The van der Waals surface area contributed by atoms with Crippen LogP contribution < -0.4 is 4.90 Å². The van der Waals surface area contributed by atoms with E-state index in [0.717, 1.165) is 42.9 Å². The van der Waals surface area contributed by atoms with Gasteiger partial charge in [-0.1, -0.05) is 18.2 Å². The maximum Gasteiger partial charge on any atom is 0.241 e. The molecule has 2 bridgehead atoms. The predicted octanol–water partition coefficient (Wildman–Crippen LogP) is 2.91. The molecule has 0 fully saturated rings. The second kappa shape index (κ2) is 10.9. The van der Waals surface area contributed by atoms with Crippen LogP contribution in [0.1, 0.15) is 30.5 Å². The van der Waals surface area contributed by atoms with E-state index in [1.54, 1.807) is 29.0 Å². The maximum absolute atomic E-state index is 13.1. The predicted molar refractivity (Wildman–Crippen MR) is 119 cm³/mol. The van der Waals surface area contributed by atoms with Crippen LogP contribution in [-0.2, 0) is 22.4 Å². The zero-order valence-corrected chi connectivity index (χ0v) is 18.4. The molecular formula is C24H31FN4O2. The van der Waals surface area contributed by atoms with Crippen molar-refractivity contribution >= 4 is 17.6 Å². The maximum atomic E-state index is 13.1. The summed E-state index contributed by atoms with van der Waals surface area (Å²) in [5.41, 5.74) is 1.90. The van der Waals surface area contributed by atoms with E-state index in [1.807, 2.05) is 25.2 Å². The molecule has 3 rings (SSSR count). The van der Waals surface area contributed by atoms with Crippen LogP contribution in [0.4, 0.5) is 10.2 Å². The number of nitrogens with zero attached hydrogens (tertiary/aromatic N) is 4. The van der Waals surface area contributed by atoms with E-state index in [1.165, 1.54) is 12.1 Å². The molecule has 1 aliphatic rings. The van der Waals surface area contributed by atoms with Gasteiger partial charge in [-0.25, -0.2) is 9.37 Å². The fraction of sp³-hybridized carbons (Fsp3) is 0.458. The first kappa shape index (κ1) is 22.7. The van der Waals surface area contributed by atoms with Crippen molar-refractivity contribution in [2.45, 2.75) is 32.1 Å². The zero-order valence-electron chi connectivity index (χ0n) is 18.4. The molecule has 0 unspecified atom stereocenters. The number of pyridine rings is 1. The van der Waals surface area contributed by atoms with Gasteiger partial charge in [0.15, 0.2) is 0 Å². The molecule has 0 saturated carbocycles. The van der Waals surface area contributed by atoms with Crippen molar-refractivity contribution in [3.8, 4) is 0 Å². The van der Waals surface area contributed by atoms with Gasteiger partial charge in [0.25, 0.3) is 0 Å². The summed E-state index contributed by atoms with van der Waals surface area (Å²) in [6, 6.07) is 12.2. The van der Waals surface area contributed by atoms with Gasteiger partial charge in [0.2, 0.25) is 11.8 Å². The Morgan fingerprint density at radius 1 is 1.00 bits per heavy atom. The number of likely N-dealkylation sites (N-methyl/N-ethyl adjacent to an activating group) is 1. The molecule has 2 amide bonds. The van der Waals surface area contributed by atoms with Crippen LogP contribution in [0.3, 0.4) is 0 Å². The monoisotopic (exact) mass is 426 g/mol. The summed E-state index contributed by atoms with van der Waals surface area (Å²) in [5.74, 6) is 0.532. The van der Waals surface area contributed by atoms with Gasteiger partial charge in [-0.15, -0.1) is 0 Å². The molecule has 2 heterocycles. The normalized spacial score (nSPS) is 16.2. The van der Waals surface area contributed by atoms with Gasteiger partial charge < -0.3 is 14.7 Å². The highest BCUT2D eigenvalue weighted by atomic mass is 19.1. The lowest BCUT2D eigenvalue weighted by atomic mass is 10.1. The first-order valence-electron chi connectivity index (χ1n) is 10.9. The van der Waals surface area contributed by atoms with Gasteiger partial charge in [-0.3, -0.25) is 9.59 Å². The number of hydrogen-bond acceptors (Lipinski definition) is 4. The average Bonchev–Trinajstić information content (AvgIpc) is 2.77. The molecular weight excluding hydrogens is 395 g/mol. The molecule has 1 aromatic carbocycles. The largest absolute Gasteiger partial charge is 0.360 e. The van der Waals surface area contributed by atoms with E-state index in [0.29, 0.717) is 25.9 Å². The number of carbonyl (C=O) groups is 2. The molecule has 0 radical (unpaired) electrons. The highest BCUT2D eigenvalue weighted by Gasteiger charge is 2.20. The number of aryl methyl sites for hydroxylation is 2. The lowest BCUT2D eigenvalue weighted by Crippen LogP contribution is -2.43. The molecule has 1 aliphatic heterocycles. The van der Waals surface area contributed by atoms with Gasteiger partial charge in [-0.2, -0.15) is 0 Å². The van der Waals surface area contributed by atoms with E-state index in [-0.39, 0.29) is 24.2 Å². The number of fused-ring (bicyclic) bond motifs is 2. The molecule has 0 atom stereocenters. The van der Waals surface area contributed by atoms with Crippen LogP contribution >= 0.6 is 0 Å². The number of carbonyl (C=O) groups excluding carboxylic acids is 2. The minimum absolute atomic E-state index is 0.0495. The summed E-state index contributed by atoms with van der Waals surface area (Å²) < 4.78 is 13.1. The second-order valence-corrected chi connectivity index (χ2v) is 8.12. The van der Waals surface area contributed by atoms with Gasteiger partial charge >= 0.3 is 0 Å². The molecule has 6 nitrogen and oxygen atoms in total. The highest BCUT2D eigenvalue weighted by molar-refractivity contribution is 5.84. The molecule has 2 aromatic rings. The topological polar surface area (TPSA) is 56.8 Å². The Bertz CT molecular complexity index is 887. The van der Waals surface area contributed by atoms with Crippen molar-refractivity contribution in [2.75, 3.05) is 45.2 Å². The Kier molecular flexibility index (Phi) is 7.98. The summed E-state index contributed by atoms with van der Waals surface area (Å²) >= 11 is 0. The number of aromatic nitrogens is 1. The number of halogens is 1. The van der Waals surface area contributed by atoms with Crippen LogP contribution in [-0.4, -0.2) is 66.9 Å². The third kappa shape index (κ3) is 6.77. The number of benzene rings is 1. The first-order chi connectivity index (χ1) is 14.9. The highest BCUT2D eigenvalue weighted by Crippen LogP contribution is 2.13. The Morgan fingerprint density at radius 2 is 1.74 bits per heavy atom. The summed E-state index contributed by atoms with van der Waals surface area (Å²) in [6.45, 7) is 2.01. The summed E-state index contributed by atoms with van der Waals surface area (Å²) in [5, 5.41) is 0. The number of rotatable bonds is 3. The van der Waals surface area contributed by atoms with Crippen molar-refractivity contribution in [1.82, 2.24) is 14.8 Å². The average molecular weight is 427 g/mol. The van der Waals surface area contributed by atoms with E-state index in [9.17, 15) is 14.0 Å². The summed E-state index contributed by atoms with van der Waals surface area (Å²) in [7, 11) is 3.80. The van der Waals surface area contributed by atoms with Gasteiger partial charge in [0.05, 0.1) is 6.54 Å². The first-order valence-corrected chi connectivity index (χ1v) is 10.9. The van der Waals surface area contributed by atoms with E-state index in [2.05, 4.69) is 4.90 Å². The summed E-state index contributed by atoms with van der Waals surface area (Å²) in [6.07, 6.45) is 3.12.